The van der Waals surface area contributed by atoms with Gasteiger partial charge >= 0.3 is 0 Å². The lowest BCUT2D eigenvalue weighted by Gasteiger charge is -2.27. The largest absolute Gasteiger partial charge is 0.491 e. The van der Waals surface area contributed by atoms with Crippen molar-refractivity contribution in [2.75, 3.05) is 20.2 Å². The summed E-state index contributed by atoms with van der Waals surface area (Å²) in [5.74, 6) is 0.787. The molecule has 1 aromatic carbocycles. The summed E-state index contributed by atoms with van der Waals surface area (Å²) in [5.41, 5.74) is 2.38. The van der Waals surface area contributed by atoms with Crippen molar-refractivity contribution < 1.29 is 9.84 Å². The molecule has 22 heavy (non-hydrogen) atoms. The number of aryl methyl sites for hydroxylation is 1. The van der Waals surface area contributed by atoms with Crippen molar-refractivity contribution >= 4 is 0 Å². The highest BCUT2D eigenvalue weighted by molar-refractivity contribution is 5.26. The van der Waals surface area contributed by atoms with Gasteiger partial charge in [0, 0.05) is 25.0 Å². The lowest BCUT2D eigenvalue weighted by molar-refractivity contribution is 0.0653. The van der Waals surface area contributed by atoms with Crippen molar-refractivity contribution in [2.45, 2.75) is 26.0 Å². The average Bonchev–Trinajstić information content (AvgIpc) is 2.54. The monoisotopic (exact) mass is 300 g/mol. The first-order valence-corrected chi connectivity index (χ1v) is 7.54. The van der Waals surface area contributed by atoms with Gasteiger partial charge in [0.1, 0.15) is 18.5 Å². The first-order valence-electron chi connectivity index (χ1n) is 7.54. The zero-order valence-corrected chi connectivity index (χ0v) is 13.4. The van der Waals surface area contributed by atoms with E-state index >= 15 is 0 Å². The van der Waals surface area contributed by atoms with Crippen molar-refractivity contribution in [2.24, 2.45) is 0 Å². The molecule has 0 amide bonds. The Morgan fingerprint density at radius 1 is 1.14 bits per heavy atom. The number of pyridine rings is 1. The van der Waals surface area contributed by atoms with E-state index in [4.69, 9.17) is 4.74 Å². The zero-order valence-electron chi connectivity index (χ0n) is 13.4. The molecule has 2 rings (SSSR count). The zero-order chi connectivity index (χ0) is 15.9. The Balaban J connectivity index is 1.81. The summed E-state index contributed by atoms with van der Waals surface area (Å²) in [6.07, 6.45) is 3.04. The van der Waals surface area contributed by atoms with Crippen molar-refractivity contribution in [1.29, 1.82) is 0 Å². The minimum atomic E-state index is -0.532. The number of aliphatic hydroxyl groups is 1. The van der Waals surface area contributed by atoms with Crippen LogP contribution in [0.4, 0.5) is 0 Å². The topological polar surface area (TPSA) is 45.6 Å². The number of aromatic nitrogens is 1. The number of hydrogen-bond donors (Lipinski definition) is 1. The molecule has 2 atom stereocenters. The van der Waals surface area contributed by atoms with E-state index in [1.807, 2.05) is 50.4 Å². The number of hydrogen-bond acceptors (Lipinski definition) is 4. The van der Waals surface area contributed by atoms with Crippen LogP contribution in [-0.4, -0.2) is 41.3 Å². The van der Waals surface area contributed by atoms with Crippen molar-refractivity contribution in [3.8, 4) is 5.75 Å². The second-order valence-electron chi connectivity index (χ2n) is 5.67. The molecule has 0 radical (unpaired) electrons. The van der Waals surface area contributed by atoms with Crippen LogP contribution in [0.3, 0.4) is 0 Å². The summed E-state index contributed by atoms with van der Waals surface area (Å²) in [7, 11) is 2.00. The number of aliphatic hydroxyl groups excluding tert-OH is 1. The maximum absolute atomic E-state index is 10.2. The molecule has 0 saturated heterocycles. The predicted octanol–water partition coefficient (Wildman–Crippen LogP) is 2.82. The fourth-order valence-corrected chi connectivity index (χ4v) is 2.27. The number of benzene rings is 1. The number of nitrogens with zero attached hydrogens (tertiary/aromatic N) is 2. The SMILES string of the molecule is Cc1ccc(OCC(O)CN(C)C(C)c2ccncc2)cc1. The summed E-state index contributed by atoms with van der Waals surface area (Å²) in [5, 5.41) is 10.2. The standard InChI is InChI=1S/C18H24N2O2/c1-14-4-6-18(7-5-14)22-13-17(21)12-20(3)15(2)16-8-10-19-11-9-16/h4-11,15,17,21H,12-13H2,1-3H3. The first-order chi connectivity index (χ1) is 10.6. The van der Waals surface area contributed by atoms with Gasteiger partial charge in [-0.3, -0.25) is 9.88 Å². The maximum Gasteiger partial charge on any atom is 0.119 e. The van der Waals surface area contributed by atoms with E-state index in [9.17, 15) is 5.11 Å². The minimum absolute atomic E-state index is 0.219. The van der Waals surface area contributed by atoms with E-state index in [1.165, 1.54) is 11.1 Å². The molecule has 0 aliphatic rings. The van der Waals surface area contributed by atoms with Gasteiger partial charge in [0.15, 0.2) is 0 Å². The van der Waals surface area contributed by atoms with Crippen LogP contribution in [0, 0.1) is 6.92 Å². The van der Waals surface area contributed by atoms with Gasteiger partial charge in [-0.2, -0.15) is 0 Å². The van der Waals surface area contributed by atoms with Gasteiger partial charge in [-0.05, 0) is 50.7 Å². The van der Waals surface area contributed by atoms with Gasteiger partial charge in [-0.25, -0.2) is 0 Å². The molecule has 0 bridgehead atoms. The Labute approximate surface area is 132 Å². The fraction of sp³-hybridized carbons (Fsp3) is 0.389. The average molecular weight is 300 g/mol. The van der Waals surface area contributed by atoms with Crippen LogP contribution in [0.2, 0.25) is 0 Å². The van der Waals surface area contributed by atoms with Crippen LogP contribution in [-0.2, 0) is 0 Å². The van der Waals surface area contributed by atoms with Crippen LogP contribution in [0.5, 0.6) is 5.75 Å². The molecule has 4 heteroatoms. The second-order valence-corrected chi connectivity index (χ2v) is 5.67. The molecule has 1 heterocycles. The van der Waals surface area contributed by atoms with E-state index in [1.54, 1.807) is 12.4 Å². The van der Waals surface area contributed by atoms with Crippen LogP contribution in [0.15, 0.2) is 48.8 Å². The number of rotatable bonds is 7. The van der Waals surface area contributed by atoms with Crippen LogP contribution in [0.1, 0.15) is 24.1 Å². The number of likely N-dealkylation sites (N-methyl/N-ethyl adjacent to an activating group) is 1. The quantitative estimate of drug-likeness (QED) is 0.854. The molecule has 0 spiro atoms. The molecular weight excluding hydrogens is 276 g/mol. The van der Waals surface area contributed by atoms with E-state index in [2.05, 4.69) is 16.8 Å². The molecule has 2 unspecified atom stereocenters. The highest BCUT2D eigenvalue weighted by atomic mass is 16.5. The summed E-state index contributed by atoms with van der Waals surface area (Å²) in [6.45, 7) is 4.99. The number of ether oxygens (including phenoxy) is 1. The molecule has 4 nitrogen and oxygen atoms in total. The van der Waals surface area contributed by atoms with E-state index in [-0.39, 0.29) is 12.6 Å². The summed E-state index contributed by atoms with van der Waals surface area (Å²) in [4.78, 5) is 6.14. The van der Waals surface area contributed by atoms with Crippen molar-refractivity contribution in [3.05, 3.63) is 59.9 Å². The molecular formula is C18H24N2O2. The lowest BCUT2D eigenvalue weighted by Crippen LogP contribution is -2.34. The summed E-state index contributed by atoms with van der Waals surface area (Å²) < 4.78 is 5.62. The Bertz CT molecular complexity index is 557. The van der Waals surface area contributed by atoms with Gasteiger partial charge < -0.3 is 9.84 Å². The van der Waals surface area contributed by atoms with Crippen LogP contribution >= 0.6 is 0 Å². The Morgan fingerprint density at radius 3 is 2.41 bits per heavy atom. The molecule has 0 fully saturated rings. The van der Waals surface area contributed by atoms with E-state index in [0.29, 0.717) is 6.54 Å². The van der Waals surface area contributed by atoms with Gasteiger partial charge in [0.2, 0.25) is 0 Å². The molecule has 2 aromatic rings. The van der Waals surface area contributed by atoms with E-state index < -0.39 is 6.10 Å². The molecule has 1 aromatic heterocycles. The van der Waals surface area contributed by atoms with Gasteiger partial charge in [0.25, 0.3) is 0 Å². The van der Waals surface area contributed by atoms with Gasteiger partial charge in [-0.1, -0.05) is 17.7 Å². The van der Waals surface area contributed by atoms with Crippen LogP contribution in [0.25, 0.3) is 0 Å². The second kappa shape index (κ2) is 7.92. The lowest BCUT2D eigenvalue weighted by atomic mass is 10.1. The molecule has 0 aliphatic heterocycles. The molecule has 0 aliphatic carbocycles. The normalized spacial score (nSPS) is 13.9. The predicted molar refractivity (Wildman–Crippen MR) is 88.0 cm³/mol. The highest BCUT2D eigenvalue weighted by Gasteiger charge is 2.15. The first kappa shape index (κ1) is 16.5. The third-order valence-electron chi connectivity index (χ3n) is 3.81. The minimum Gasteiger partial charge on any atom is -0.491 e. The Hall–Kier alpha value is -1.91. The van der Waals surface area contributed by atoms with Gasteiger partial charge in [-0.15, -0.1) is 0 Å². The Morgan fingerprint density at radius 2 is 1.77 bits per heavy atom. The third-order valence-corrected chi connectivity index (χ3v) is 3.81. The highest BCUT2D eigenvalue weighted by Crippen LogP contribution is 2.18. The van der Waals surface area contributed by atoms with Crippen LogP contribution < -0.4 is 4.74 Å². The smallest absolute Gasteiger partial charge is 0.119 e. The Kier molecular flexibility index (Phi) is 5.92. The fourth-order valence-electron chi connectivity index (χ4n) is 2.27. The molecule has 1 N–H and O–H groups in total. The molecule has 118 valence electrons. The summed E-state index contributed by atoms with van der Waals surface area (Å²) >= 11 is 0. The maximum atomic E-state index is 10.2. The van der Waals surface area contributed by atoms with Crippen molar-refractivity contribution in [3.63, 3.8) is 0 Å². The third kappa shape index (κ3) is 4.83. The van der Waals surface area contributed by atoms with Crippen molar-refractivity contribution in [1.82, 2.24) is 9.88 Å². The van der Waals surface area contributed by atoms with Gasteiger partial charge in [0.05, 0.1) is 0 Å². The van der Waals surface area contributed by atoms with E-state index in [0.717, 1.165) is 5.75 Å². The summed E-state index contributed by atoms with van der Waals surface area (Å²) in [6, 6.07) is 12.1. The molecule has 0 saturated carbocycles.